The monoisotopic (exact) mass is 273 g/mol. The summed E-state index contributed by atoms with van der Waals surface area (Å²) in [6.45, 7) is 5.21. The molecule has 1 unspecified atom stereocenters. The molecule has 0 amide bonds. The van der Waals surface area contributed by atoms with Gasteiger partial charge in [-0.25, -0.2) is 4.98 Å². The first kappa shape index (κ1) is 14.6. The lowest BCUT2D eigenvalue weighted by Gasteiger charge is -2.16. The molecule has 0 fully saturated rings. The quantitative estimate of drug-likeness (QED) is 0.850. The molecule has 2 aromatic rings. The molecular weight excluding hydrogens is 250 g/mol. The molecule has 1 aromatic heterocycles. The second kappa shape index (κ2) is 6.57. The van der Waals surface area contributed by atoms with E-state index in [1.54, 1.807) is 12.1 Å². The Bertz CT molecular complexity index is 531. The van der Waals surface area contributed by atoms with E-state index in [4.69, 9.17) is 5.73 Å². The van der Waals surface area contributed by atoms with Gasteiger partial charge in [-0.2, -0.15) is 0 Å². The van der Waals surface area contributed by atoms with Gasteiger partial charge in [0.25, 0.3) is 0 Å². The van der Waals surface area contributed by atoms with Crippen molar-refractivity contribution in [1.82, 2.24) is 9.55 Å². The Labute approximate surface area is 120 Å². The van der Waals surface area contributed by atoms with Crippen LogP contribution in [0.15, 0.2) is 36.8 Å². The van der Waals surface area contributed by atoms with Crippen LogP contribution < -0.4 is 5.73 Å². The number of aromatic nitrogens is 2. The fourth-order valence-corrected chi connectivity index (χ4v) is 2.37. The zero-order valence-corrected chi connectivity index (χ0v) is 12.2. The molecule has 108 valence electrons. The number of nitrogens with zero attached hydrogens (tertiary/aromatic N) is 2. The summed E-state index contributed by atoms with van der Waals surface area (Å²) in [4.78, 5) is 4.22. The summed E-state index contributed by atoms with van der Waals surface area (Å²) in [6.07, 6.45) is 5.57. The molecule has 0 aliphatic carbocycles. The second-order valence-electron chi connectivity index (χ2n) is 5.66. The molecule has 1 atom stereocenters. The van der Waals surface area contributed by atoms with Gasteiger partial charge in [-0.1, -0.05) is 26.0 Å². The number of aromatic hydroxyl groups is 1. The van der Waals surface area contributed by atoms with Gasteiger partial charge in [-0.05, 0) is 36.5 Å². The van der Waals surface area contributed by atoms with Crippen molar-refractivity contribution in [3.05, 3.63) is 48.0 Å². The van der Waals surface area contributed by atoms with Crippen molar-refractivity contribution in [3.8, 4) is 5.75 Å². The minimum Gasteiger partial charge on any atom is -0.508 e. The van der Waals surface area contributed by atoms with Gasteiger partial charge in [-0.15, -0.1) is 0 Å². The van der Waals surface area contributed by atoms with Crippen molar-refractivity contribution in [1.29, 1.82) is 0 Å². The number of nitrogens with two attached hydrogens (primary N) is 1. The van der Waals surface area contributed by atoms with Crippen LogP contribution in [0, 0.1) is 5.92 Å². The van der Waals surface area contributed by atoms with Gasteiger partial charge in [0.2, 0.25) is 0 Å². The highest BCUT2D eigenvalue weighted by atomic mass is 16.3. The molecule has 0 aliphatic heterocycles. The minimum absolute atomic E-state index is 0.0392. The number of benzene rings is 1. The average molecular weight is 273 g/mol. The Morgan fingerprint density at radius 1 is 1.25 bits per heavy atom. The lowest BCUT2D eigenvalue weighted by Crippen LogP contribution is -2.17. The standard InChI is InChI=1S/C16H23N3O/c1-12(2)9-15(17)16-10-18-11-19(16)8-7-13-3-5-14(20)6-4-13/h3-6,10-12,15,20H,7-9,17H2,1-2H3. The van der Waals surface area contributed by atoms with Crippen molar-refractivity contribution in [2.45, 2.75) is 39.3 Å². The topological polar surface area (TPSA) is 64.1 Å². The molecule has 0 radical (unpaired) electrons. The van der Waals surface area contributed by atoms with Gasteiger partial charge in [-0.3, -0.25) is 0 Å². The number of hydrogen-bond donors (Lipinski definition) is 2. The first-order valence-electron chi connectivity index (χ1n) is 7.09. The van der Waals surface area contributed by atoms with E-state index in [1.165, 1.54) is 5.56 Å². The molecule has 0 aliphatic rings. The van der Waals surface area contributed by atoms with Crippen LogP contribution in [0.3, 0.4) is 0 Å². The minimum atomic E-state index is 0.0392. The Kier molecular flexibility index (Phi) is 4.79. The predicted molar refractivity (Wildman–Crippen MR) is 80.4 cm³/mol. The maximum atomic E-state index is 9.28. The molecule has 0 bridgehead atoms. The Hall–Kier alpha value is -1.81. The normalized spacial score (nSPS) is 12.8. The zero-order valence-electron chi connectivity index (χ0n) is 12.2. The molecular formula is C16H23N3O. The smallest absolute Gasteiger partial charge is 0.115 e. The summed E-state index contributed by atoms with van der Waals surface area (Å²) in [7, 11) is 0. The summed E-state index contributed by atoms with van der Waals surface area (Å²) in [5.74, 6) is 0.876. The lowest BCUT2D eigenvalue weighted by atomic mass is 10.0. The molecule has 1 heterocycles. The van der Waals surface area contributed by atoms with Crippen molar-refractivity contribution in [2.24, 2.45) is 11.7 Å². The van der Waals surface area contributed by atoms with E-state index in [0.717, 1.165) is 25.1 Å². The third-order valence-electron chi connectivity index (χ3n) is 3.43. The maximum Gasteiger partial charge on any atom is 0.115 e. The first-order valence-corrected chi connectivity index (χ1v) is 7.09. The summed E-state index contributed by atoms with van der Waals surface area (Å²) < 4.78 is 2.12. The van der Waals surface area contributed by atoms with Crippen LogP contribution in [-0.4, -0.2) is 14.7 Å². The summed E-state index contributed by atoms with van der Waals surface area (Å²) in [6, 6.07) is 7.36. The predicted octanol–water partition coefficient (Wildman–Crippen LogP) is 2.88. The van der Waals surface area contributed by atoms with Crippen LogP contribution in [-0.2, 0) is 13.0 Å². The lowest BCUT2D eigenvalue weighted by molar-refractivity contribution is 0.474. The molecule has 0 saturated carbocycles. The van der Waals surface area contributed by atoms with E-state index in [0.29, 0.717) is 11.7 Å². The van der Waals surface area contributed by atoms with E-state index in [2.05, 4.69) is 23.4 Å². The van der Waals surface area contributed by atoms with Crippen molar-refractivity contribution >= 4 is 0 Å². The number of hydrogen-bond acceptors (Lipinski definition) is 3. The van der Waals surface area contributed by atoms with Gasteiger partial charge in [0.1, 0.15) is 5.75 Å². The molecule has 0 spiro atoms. The third kappa shape index (κ3) is 3.84. The van der Waals surface area contributed by atoms with Crippen LogP contribution in [0.5, 0.6) is 5.75 Å². The van der Waals surface area contributed by atoms with Crippen LogP contribution in [0.25, 0.3) is 0 Å². The number of rotatable bonds is 6. The Balaban J connectivity index is 2.00. The number of imidazole rings is 1. The number of phenolic OH excluding ortho intramolecular Hbond substituents is 1. The maximum absolute atomic E-state index is 9.28. The SMILES string of the molecule is CC(C)CC(N)c1cncn1CCc1ccc(O)cc1. The molecule has 2 rings (SSSR count). The van der Waals surface area contributed by atoms with Gasteiger partial charge < -0.3 is 15.4 Å². The first-order chi connectivity index (χ1) is 9.56. The van der Waals surface area contributed by atoms with E-state index < -0.39 is 0 Å². The van der Waals surface area contributed by atoms with E-state index in [-0.39, 0.29) is 6.04 Å². The van der Waals surface area contributed by atoms with Crippen molar-refractivity contribution in [3.63, 3.8) is 0 Å². The third-order valence-corrected chi connectivity index (χ3v) is 3.43. The van der Waals surface area contributed by atoms with Gasteiger partial charge in [0, 0.05) is 18.8 Å². The van der Waals surface area contributed by atoms with Gasteiger partial charge in [0.05, 0.1) is 12.0 Å². The highest BCUT2D eigenvalue weighted by Gasteiger charge is 2.13. The van der Waals surface area contributed by atoms with Crippen molar-refractivity contribution in [2.75, 3.05) is 0 Å². The van der Waals surface area contributed by atoms with Crippen LogP contribution >= 0.6 is 0 Å². The number of aryl methyl sites for hydroxylation is 2. The summed E-state index contributed by atoms with van der Waals surface area (Å²) in [5, 5.41) is 9.28. The molecule has 3 N–H and O–H groups in total. The van der Waals surface area contributed by atoms with Gasteiger partial charge in [0.15, 0.2) is 0 Å². The van der Waals surface area contributed by atoms with Gasteiger partial charge >= 0.3 is 0 Å². The fourth-order valence-electron chi connectivity index (χ4n) is 2.37. The molecule has 4 heteroatoms. The molecule has 4 nitrogen and oxygen atoms in total. The van der Waals surface area contributed by atoms with Crippen LogP contribution in [0.4, 0.5) is 0 Å². The van der Waals surface area contributed by atoms with Crippen LogP contribution in [0.2, 0.25) is 0 Å². The molecule has 20 heavy (non-hydrogen) atoms. The summed E-state index contributed by atoms with van der Waals surface area (Å²) in [5.41, 5.74) is 8.53. The largest absolute Gasteiger partial charge is 0.508 e. The van der Waals surface area contributed by atoms with Crippen molar-refractivity contribution < 1.29 is 5.11 Å². The second-order valence-corrected chi connectivity index (χ2v) is 5.66. The molecule has 0 saturated heterocycles. The summed E-state index contributed by atoms with van der Waals surface area (Å²) >= 11 is 0. The fraction of sp³-hybridized carbons (Fsp3) is 0.438. The van der Waals surface area contributed by atoms with E-state index in [9.17, 15) is 5.11 Å². The average Bonchev–Trinajstić information content (AvgIpc) is 2.86. The van der Waals surface area contributed by atoms with E-state index >= 15 is 0 Å². The Morgan fingerprint density at radius 3 is 2.60 bits per heavy atom. The highest BCUT2D eigenvalue weighted by molar-refractivity contribution is 5.25. The Morgan fingerprint density at radius 2 is 1.95 bits per heavy atom. The molecule has 1 aromatic carbocycles. The van der Waals surface area contributed by atoms with Crippen LogP contribution in [0.1, 0.15) is 37.6 Å². The highest BCUT2D eigenvalue weighted by Crippen LogP contribution is 2.19. The van der Waals surface area contributed by atoms with E-state index in [1.807, 2.05) is 24.7 Å². The number of phenols is 1. The zero-order chi connectivity index (χ0) is 14.5.